The number of aryl methyl sites for hydroxylation is 1. The first kappa shape index (κ1) is 16.5. The van der Waals surface area contributed by atoms with Gasteiger partial charge in [0, 0.05) is 16.1 Å². The second-order valence-corrected chi connectivity index (χ2v) is 6.38. The van der Waals surface area contributed by atoms with Gasteiger partial charge in [-0.05, 0) is 31.5 Å². The van der Waals surface area contributed by atoms with Gasteiger partial charge in [-0.1, -0.05) is 58.4 Å². The summed E-state index contributed by atoms with van der Waals surface area (Å²) in [6.45, 7) is 3.88. The van der Waals surface area contributed by atoms with Crippen LogP contribution in [0.25, 0.3) is 11.3 Å². The molecule has 3 aromatic rings. The topological polar surface area (TPSA) is 50.5 Å². The Hall–Kier alpha value is -2.40. The summed E-state index contributed by atoms with van der Waals surface area (Å²) in [4.78, 5) is 8.84. The van der Waals surface area contributed by atoms with Crippen molar-refractivity contribution in [3.8, 4) is 11.3 Å². The quantitative estimate of drug-likeness (QED) is 0.516. The number of hydrogen-bond acceptors (Lipinski definition) is 4. The Kier molecular flexibility index (Phi) is 5.11. The average Bonchev–Trinajstić information content (AvgIpc) is 2.60. The number of azo groups is 1. The minimum atomic E-state index is -0.0338. The van der Waals surface area contributed by atoms with Crippen LogP contribution in [-0.2, 0) is 0 Å². The highest BCUT2D eigenvalue weighted by Crippen LogP contribution is 2.24. The van der Waals surface area contributed by atoms with Crippen LogP contribution in [0.4, 0.5) is 5.82 Å². The molecule has 1 atom stereocenters. The number of benzene rings is 2. The van der Waals surface area contributed by atoms with Crippen LogP contribution in [0.15, 0.2) is 75.4 Å². The van der Waals surface area contributed by atoms with Crippen molar-refractivity contribution < 1.29 is 0 Å². The van der Waals surface area contributed by atoms with E-state index < -0.39 is 0 Å². The number of aromatic nitrogens is 2. The highest BCUT2D eigenvalue weighted by Gasteiger charge is 2.06. The Bertz CT molecular complexity index is 845. The minimum absolute atomic E-state index is 0.0338. The molecule has 0 saturated heterocycles. The van der Waals surface area contributed by atoms with Gasteiger partial charge in [0.2, 0.25) is 0 Å². The SMILES string of the molecule is Cc1nc(N=NC(C)c2ccc(Br)cc2)cc(-c2ccccc2)n1. The molecule has 2 aromatic carbocycles. The van der Waals surface area contributed by atoms with Crippen molar-refractivity contribution in [2.45, 2.75) is 19.9 Å². The number of hydrogen-bond donors (Lipinski definition) is 0. The third kappa shape index (κ3) is 4.11. The van der Waals surface area contributed by atoms with Crippen molar-refractivity contribution in [2.75, 3.05) is 0 Å². The molecule has 3 rings (SSSR count). The summed E-state index contributed by atoms with van der Waals surface area (Å²) in [5.74, 6) is 1.26. The first-order valence-electron chi connectivity index (χ1n) is 7.69. The lowest BCUT2D eigenvalue weighted by Crippen LogP contribution is -1.92. The van der Waals surface area contributed by atoms with Crippen LogP contribution in [0.1, 0.15) is 24.4 Å². The molecule has 0 spiro atoms. The number of nitrogens with zero attached hydrogens (tertiary/aromatic N) is 4. The molecule has 0 bridgehead atoms. The summed E-state index contributed by atoms with van der Waals surface area (Å²) in [5, 5.41) is 8.70. The Morgan fingerprint density at radius 2 is 1.67 bits per heavy atom. The summed E-state index contributed by atoms with van der Waals surface area (Å²) in [6, 6.07) is 19.9. The average molecular weight is 381 g/mol. The van der Waals surface area contributed by atoms with E-state index in [9.17, 15) is 0 Å². The Morgan fingerprint density at radius 1 is 0.958 bits per heavy atom. The van der Waals surface area contributed by atoms with E-state index in [0.29, 0.717) is 11.6 Å². The fourth-order valence-electron chi connectivity index (χ4n) is 2.31. The lowest BCUT2D eigenvalue weighted by atomic mass is 10.1. The van der Waals surface area contributed by atoms with Crippen molar-refractivity contribution >= 4 is 21.7 Å². The van der Waals surface area contributed by atoms with E-state index in [-0.39, 0.29) is 6.04 Å². The maximum atomic E-state index is 4.48. The molecular formula is C19H17BrN4. The van der Waals surface area contributed by atoms with Crippen LogP contribution in [0, 0.1) is 6.92 Å². The summed E-state index contributed by atoms with van der Waals surface area (Å²) in [6.07, 6.45) is 0. The molecule has 0 aliphatic heterocycles. The van der Waals surface area contributed by atoms with Gasteiger partial charge in [-0.15, -0.1) is 5.11 Å². The Labute approximate surface area is 149 Å². The first-order chi connectivity index (χ1) is 11.6. The zero-order chi connectivity index (χ0) is 16.9. The van der Waals surface area contributed by atoms with Crippen molar-refractivity contribution in [3.63, 3.8) is 0 Å². The minimum Gasteiger partial charge on any atom is -0.233 e. The molecule has 5 heteroatoms. The van der Waals surface area contributed by atoms with E-state index in [0.717, 1.165) is 21.3 Å². The largest absolute Gasteiger partial charge is 0.233 e. The molecule has 0 saturated carbocycles. The van der Waals surface area contributed by atoms with Gasteiger partial charge < -0.3 is 0 Å². The monoisotopic (exact) mass is 380 g/mol. The second kappa shape index (κ2) is 7.45. The van der Waals surface area contributed by atoms with E-state index in [4.69, 9.17) is 0 Å². The first-order valence-corrected chi connectivity index (χ1v) is 8.48. The lowest BCUT2D eigenvalue weighted by molar-refractivity contribution is 0.758. The standard InChI is InChI=1S/C19H17BrN4/c1-13(15-8-10-17(20)11-9-15)23-24-19-12-18(21-14(2)22-19)16-6-4-3-5-7-16/h3-13H,1-2H3. The van der Waals surface area contributed by atoms with Crippen molar-refractivity contribution in [1.29, 1.82) is 0 Å². The van der Waals surface area contributed by atoms with Gasteiger partial charge in [-0.3, -0.25) is 0 Å². The van der Waals surface area contributed by atoms with Gasteiger partial charge in [0.25, 0.3) is 0 Å². The smallest absolute Gasteiger partial charge is 0.177 e. The molecule has 4 nitrogen and oxygen atoms in total. The molecule has 0 aliphatic rings. The summed E-state index contributed by atoms with van der Waals surface area (Å²) >= 11 is 3.44. The van der Waals surface area contributed by atoms with Crippen LogP contribution in [-0.4, -0.2) is 9.97 Å². The molecule has 1 heterocycles. The molecule has 120 valence electrons. The highest BCUT2D eigenvalue weighted by molar-refractivity contribution is 9.10. The predicted octanol–water partition coefficient (Wildman–Crippen LogP) is 6.06. The van der Waals surface area contributed by atoms with E-state index in [1.165, 1.54) is 0 Å². The molecule has 0 fully saturated rings. The Morgan fingerprint density at radius 3 is 2.38 bits per heavy atom. The van der Waals surface area contributed by atoms with Crippen LogP contribution >= 0.6 is 15.9 Å². The van der Waals surface area contributed by atoms with Gasteiger partial charge in [0.1, 0.15) is 5.82 Å². The van der Waals surface area contributed by atoms with Crippen LogP contribution in [0.2, 0.25) is 0 Å². The van der Waals surface area contributed by atoms with Gasteiger partial charge in [-0.2, -0.15) is 5.11 Å². The maximum absolute atomic E-state index is 4.48. The Balaban J connectivity index is 1.84. The van der Waals surface area contributed by atoms with Gasteiger partial charge in [-0.25, -0.2) is 9.97 Å². The van der Waals surface area contributed by atoms with Crippen LogP contribution in [0.3, 0.4) is 0 Å². The van der Waals surface area contributed by atoms with Crippen molar-refractivity contribution in [1.82, 2.24) is 9.97 Å². The van der Waals surface area contributed by atoms with Gasteiger partial charge in [0.05, 0.1) is 11.7 Å². The van der Waals surface area contributed by atoms with E-state index >= 15 is 0 Å². The lowest BCUT2D eigenvalue weighted by Gasteiger charge is -2.06. The fourth-order valence-corrected chi connectivity index (χ4v) is 2.58. The molecular weight excluding hydrogens is 364 g/mol. The molecule has 0 N–H and O–H groups in total. The van der Waals surface area contributed by atoms with Crippen LogP contribution < -0.4 is 0 Å². The van der Waals surface area contributed by atoms with Crippen molar-refractivity contribution in [3.05, 3.63) is 76.5 Å². The van der Waals surface area contributed by atoms with Gasteiger partial charge in [0.15, 0.2) is 5.82 Å². The fraction of sp³-hybridized carbons (Fsp3) is 0.158. The molecule has 1 aromatic heterocycles. The molecule has 0 radical (unpaired) electrons. The summed E-state index contributed by atoms with van der Waals surface area (Å²) in [5.41, 5.74) is 3.00. The third-order valence-corrected chi connectivity index (χ3v) is 4.11. The summed E-state index contributed by atoms with van der Waals surface area (Å²) < 4.78 is 1.05. The summed E-state index contributed by atoms with van der Waals surface area (Å²) in [7, 11) is 0. The zero-order valence-corrected chi connectivity index (χ0v) is 15.1. The highest BCUT2D eigenvalue weighted by atomic mass is 79.9. The second-order valence-electron chi connectivity index (χ2n) is 5.47. The third-order valence-electron chi connectivity index (χ3n) is 3.58. The predicted molar refractivity (Wildman–Crippen MR) is 99.3 cm³/mol. The van der Waals surface area contributed by atoms with Crippen LogP contribution in [0.5, 0.6) is 0 Å². The zero-order valence-electron chi connectivity index (χ0n) is 13.5. The van der Waals surface area contributed by atoms with Gasteiger partial charge >= 0.3 is 0 Å². The van der Waals surface area contributed by atoms with E-state index in [1.54, 1.807) is 0 Å². The normalized spacial score (nSPS) is 12.5. The molecule has 0 aliphatic carbocycles. The molecule has 1 unspecified atom stereocenters. The molecule has 0 amide bonds. The number of rotatable bonds is 4. The van der Waals surface area contributed by atoms with E-state index in [2.05, 4.69) is 36.1 Å². The number of halogens is 1. The van der Waals surface area contributed by atoms with Crippen molar-refractivity contribution in [2.24, 2.45) is 10.2 Å². The van der Waals surface area contributed by atoms with E-state index in [1.807, 2.05) is 74.5 Å². The maximum Gasteiger partial charge on any atom is 0.177 e. The molecule has 24 heavy (non-hydrogen) atoms.